The van der Waals surface area contributed by atoms with Crippen LogP contribution < -0.4 is 10.6 Å². The number of halogens is 1. The molecule has 0 bridgehead atoms. The van der Waals surface area contributed by atoms with Gasteiger partial charge in [-0.25, -0.2) is 13.2 Å². The Morgan fingerprint density at radius 3 is 2.65 bits per heavy atom. The Bertz CT molecular complexity index is 660. The second-order valence-corrected chi connectivity index (χ2v) is 7.51. The molecule has 1 heterocycles. The highest BCUT2D eigenvalue weighted by Gasteiger charge is 2.33. The topological polar surface area (TPSA) is 101 Å². The van der Waals surface area contributed by atoms with Crippen molar-refractivity contribution in [2.24, 2.45) is 0 Å². The van der Waals surface area contributed by atoms with Crippen molar-refractivity contribution in [2.45, 2.75) is 12.5 Å². The number of nitrogens with two attached hydrogens (primary N) is 1. The summed E-state index contributed by atoms with van der Waals surface area (Å²) in [5.74, 6) is -1.04. The molecule has 3 N–H and O–H groups in total. The number of rotatable bonds is 3. The van der Waals surface area contributed by atoms with E-state index in [1.54, 1.807) is 11.9 Å². The number of aromatic carboxylic acids is 1. The summed E-state index contributed by atoms with van der Waals surface area (Å²) in [6, 6.07) is 2.51. The van der Waals surface area contributed by atoms with Crippen LogP contribution in [0.5, 0.6) is 0 Å². The zero-order valence-electron chi connectivity index (χ0n) is 10.8. The number of benzene rings is 1. The Balaban J connectivity index is 2.44. The molecule has 0 amide bonds. The summed E-state index contributed by atoms with van der Waals surface area (Å²) in [6.07, 6.45) is 0.457. The van der Waals surface area contributed by atoms with E-state index in [4.69, 9.17) is 17.3 Å². The average Bonchev–Trinajstić information content (AvgIpc) is 2.68. The molecule has 6 nitrogen and oxygen atoms in total. The maximum atomic E-state index is 11.5. The molecule has 0 aromatic heterocycles. The van der Waals surface area contributed by atoms with Gasteiger partial charge in [0.25, 0.3) is 0 Å². The van der Waals surface area contributed by atoms with Crippen LogP contribution in [0.15, 0.2) is 12.1 Å². The summed E-state index contributed by atoms with van der Waals surface area (Å²) in [4.78, 5) is 12.9. The number of nitrogens with zero attached hydrogens (tertiary/aromatic N) is 1. The summed E-state index contributed by atoms with van der Waals surface area (Å²) < 4.78 is 23.1. The molecule has 2 rings (SSSR count). The van der Waals surface area contributed by atoms with Crippen molar-refractivity contribution in [2.75, 3.05) is 29.2 Å². The van der Waals surface area contributed by atoms with Gasteiger partial charge in [-0.05, 0) is 18.6 Å². The van der Waals surface area contributed by atoms with Gasteiger partial charge in [0.15, 0.2) is 9.84 Å². The van der Waals surface area contributed by atoms with E-state index in [0.717, 1.165) is 0 Å². The number of anilines is 2. The van der Waals surface area contributed by atoms with Crippen LogP contribution in [0.2, 0.25) is 5.02 Å². The highest BCUT2D eigenvalue weighted by atomic mass is 35.5. The molecular weight excluding hydrogens is 304 g/mol. The van der Waals surface area contributed by atoms with Crippen LogP contribution in [0.3, 0.4) is 0 Å². The molecular formula is C12H15ClN2O4S. The van der Waals surface area contributed by atoms with Crippen molar-refractivity contribution in [1.29, 1.82) is 0 Å². The summed E-state index contributed by atoms with van der Waals surface area (Å²) in [5.41, 5.74) is 6.13. The molecule has 20 heavy (non-hydrogen) atoms. The van der Waals surface area contributed by atoms with Gasteiger partial charge in [-0.1, -0.05) is 11.6 Å². The first-order valence-electron chi connectivity index (χ1n) is 5.97. The summed E-state index contributed by atoms with van der Waals surface area (Å²) in [7, 11) is -1.41. The lowest BCUT2D eigenvalue weighted by molar-refractivity contribution is 0.0697. The van der Waals surface area contributed by atoms with Crippen molar-refractivity contribution in [1.82, 2.24) is 0 Å². The molecule has 1 saturated heterocycles. The Morgan fingerprint density at radius 1 is 1.50 bits per heavy atom. The molecule has 0 radical (unpaired) electrons. The molecule has 1 fully saturated rings. The zero-order valence-corrected chi connectivity index (χ0v) is 12.4. The number of carbonyl (C=O) groups is 1. The fourth-order valence-electron chi connectivity index (χ4n) is 2.40. The van der Waals surface area contributed by atoms with Crippen molar-refractivity contribution < 1.29 is 18.3 Å². The first kappa shape index (κ1) is 14.9. The fraction of sp³-hybridized carbons (Fsp3) is 0.417. The highest BCUT2D eigenvalue weighted by Crippen LogP contribution is 2.34. The minimum Gasteiger partial charge on any atom is -0.478 e. The van der Waals surface area contributed by atoms with E-state index in [1.807, 2.05) is 0 Å². The van der Waals surface area contributed by atoms with Crippen molar-refractivity contribution in [3.63, 3.8) is 0 Å². The van der Waals surface area contributed by atoms with Gasteiger partial charge < -0.3 is 15.7 Å². The van der Waals surface area contributed by atoms with Gasteiger partial charge >= 0.3 is 5.97 Å². The Morgan fingerprint density at radius 2 is 2.15 bits per heavy atom. The SMILES string of the molecule is CN(c1c(Cl)cc(N)cc1C(=O)O)C1CCS(=O)(=O)C1. The zero-order chi connectivity index (χ0) is 15.1. The van der Waals surface area contributed by atoms with Crippen LogP contribution in [0.25, 0.3) is 0 Å². The molecule has 1 aromatic carbocycles. The molecule has 0 aliphatic carbocycles. The minimum absolute atomic E-state index is 0.00324. The second-order valence-electron chi connectivity index (χ2n) is 4.87. The second kappa shape index (κ2) is 5.14. The average molecular weight is 319 g/mol. The van der Waals surface area contributed by atoms with E-state index < -0.39 is 15.8 Å². The molecule has 0 saturated carbocycles. The summed E-state index contributed by atoms with van der Waals surface area (Å²) in [6.45, 7) is 0. The first-order chi connectivity index (χ1) is 9.21. The van der Waals surface area contributed by atoms with Crippen LogP contribution in [0, 0.1) is 0 Å². The number of hydrogen-bond acceptors (Lipinski definition) is 5. The number of hydrogen-bond donors (Lipinski definition) is 2. The van der Waals surface area contributed by atoms with E-state index in [9.17, 15) is 18.3 Å². The normalized spacial score (nSPS) is 20.8. The molecule has 1 atom stereocenters. The van der Waals surface area contributed by atoms with Gasteiger partial charge in [0.1, 0.15) is 0 Å². The van der Waals surface area contributed by atoms with E-state index in [-0.39, 0.29) is 33.8 Å². The third kappa shape index (κ3) is 2.83. The monoisotopic (exact) mass is 318 g/mol. The van der Waals surface area contributed by atoms with E-state index in [2.05, 4.69) is 0 Å². The third-order valence-electron chi connectivity index (χ3n) is 3.42. The minimum atomic E-state index is -3.06. The van der Waals surface area contributed by atoms with Crippen LogP contribution in [-0.2, 0) is 9.84 Å². The largest absolute Gasteiger partial charge is 0.478 e. The smallest absolute Gasteiger partial charge is 0.337 e. The van der Waals surface area contributed by atoms with Gasteiger partial charge in [0.05, 0.1) is 27.8 Å². The molecule has 110 valence electrons. The standard InChI is InChI=1S/C12H15ClN2O4S/c1-15(8-2-3-20(18,19)6-8)11-9(12(16)17)4-7(14)5-10(11)13/h4-5,8H,2-3,6,14H2,1H3,(H,16,17). The number of carboxylic acid groups (broad SMARTS) is 1. The van der Waals surface area contributed by atoms with Crippen LogP contribution in [-0.4, -0.2) is 44.1 Å². The van der Waals surface area contributed by atoms with E-state index in [1.165, 1.54) is 12.1 Å². The van der Waals surface area contributed by atoms with Crippen LogP contribution >= 0.6 is 11.6 Å². The highest BCUT2D eigenvalue weighted by molar-refractivity contribution is 7.91. The molecule has 1 aliphatic rings. The fourth-order valence-corrected chi connectivity index (χ4v) is 4.54. The summed E-state index contributed by atoms with van der Waals surface area (Å²) in [5, 5.41) is 9.45. The molecule has 1 unspecified atom stereocenters. The predicted octanol–water partition coefficient (Wildman–Crippen LogP) is 1.24. The van der Waals surface area contributed by atoms with E-state index >= 15 is 0 Å². The molecule has 1 aliphatic heterocycles. The van der Waals surface area contributed by atoms with Crippen molar-refractivity contribution in [3.8, 4) is 0 Å². The lowest BCUT2D eigenvalue weighted by Crippen LogP contribution is -2.34. The quantitative estimate of drug-likeness (QED) is 0.813. The predicted molar refractivity (Wildman–Crippen MR) is 78.3 cm³/mol. The van der Waals surface area contributed by atoms with Gasteiger partial charge in [-0.3, -0.25) is 0 Å². The Kier molecular flexibility index (Phi) is 3.84. The Hall–Kier alpha value is -1.47. The van der Waals surface area contributed by atoms with Crippen molar-refractivity contribution >= 4 is 38.8 Å². The van der Waals surface area contributed by atoms with Gasteiger partial charge in [0, 0.05) is 18.8 Å². The lowest BCUT2D eigenvalue weighted by atomic mass is 10.1. The van der Waals surface area contributed by atoms with Gasteiger partial charge in [0.2, 0.25) is 0 Å². The third-order valence-corrected chi connectivity index (χ3v) is 5.46. The lowest BCUT2D eigenvalue weighted by Gasteiger charge is -2.28. The van der Waals surface area contributed by atoms with Crippen LogP contribution in [0.1, 0.15) is 16.8 Å². The maximum Gasteiger partial charge on any atom is 0.337 e. The number of nitrogen functional groups attached to an aromatic ring is 1. The summed E-state index contributed by atoms with van der Waals surface area (Å²) >= 11 is 6.09. The maximum absolute atomic E-state index is 11.5. The van der Waals surface area contributed by atoms with Crippen LogP contribution in [0.4, 0.5) is 11.4 Å². The Labute approximate surface area is 122 Å². The number of sulfone groups is 1. The molecule has 8 heteroatoms. The van der Waals surface area contributed by atoms with Gasteiger partial charge in [-0.2, -0.15) is 0 Å². The molecule has 1 aromatic rings. The molecule has 0 spiro atoms. The number of carboxylic acids is 1. The van der Waals surface area contributed by atoms with Crippen molar-refractivity contribution in [3.05, 3.63) is 22.7 Å². The van der Waals surface area contributed by atoms with E-state index in [0.29, 0.717) is 12.1 Å². The van der Waals surface area contributed by atoms with Gasteiger partial charge in [-0.15, -0.1) is 0 Å². The first-order valence-corrected chi connectivity index (χ1v) is 8.17.